The molecule has 0 saturated heterocycles. The predicted molar refractivity (Wildman–Crippen MR) is 69.0 cm³/mol. The smallest absolute Gasteiger partial charge is 0.150 e. The number of benzene rings is 1. The van der Waals surface area contributed by atoms with Crippen molar-refractivity contribution in [1.29, 1.82) is 0 Å². The fourth-order valence-electron chi connectivity index (χ4n) is 2.58. The topological polar surface area (TPSA) is 49.9 Å². The zero-order chi connectivity index (χ0) is 11.9. The summed E-state index contributed by atoms with van der Waals surface area (Å²) >= 11 is 0. The number of aromatic amines is 1. The van der Waals surface area contributed by atoms with E-state index in [1.807, 2.05) is 12.1 Å². The molecule has 17 heavy (non-hydrogen) atoms. The summed E-state index contributed by atoms with van der Waals surface area (Å²) in [5, 5.41) is 1.18. The molecule has 2 heterocycles. The van der Waals surface area contributed by atoms with Gasteiger partial charge in [0, 0.05) is 16.6 Å². The van der Waals surface area contributed by atoms with Crippen LogP contribution in [0.1, 0.15) is 17.7 Å². The third-order valence-electron chi connectivity index (χ3n) is 3.45. The fraction of sp³-hybridized carbons (Fsp3) is 0.385. The molecule has 0 aliphatic carbocycles. The van der Waals surface area contributed by atoms with E-state index >= 15 is 0 Å². The van der Waals surface area contributed by atoms with Crippen LogP contribution in [0.15, 0.2) is 24.3 Å². The van der Waals surface area contributed by atoms with Crippen LogP contribution in [-0.4, -0.2) is 24.9 Å². The molecule has 0 radical (unpaired) electrons. The normalized spacial score (nSPS) is 19.5. The van der Waals surface area contributed by atoms with Crippen LogP contribution in [0.25, 0.3) is 10.9 Å². The van der Waals surface area contributed by atoms with Gasteiger partial charge in [-0.1, -0.05) is 18.2 Å². The molecule has 2 aromatic rings. The van der Waals surface area contributed by atoms with E-state index in [9.17, 15) is 8.42 Å². The van der Waals surface area contributed by atoms with E-state index in [1.54, 1.807) is 0 Å². The van der Waals surface area contributed by atoms with Crippen LogP contribution in [0.3, 0.4) is 0 Å². The highest BCUT2D eigenvalue weighted by atomic mass is 32.2. The van der Waals surface area contributed by atoms with Crippen molar-refractivity contribution in [3.63, 3.8) is 0 Å². The summed E-state index contributed by atoms with van der Waals surface area (Å²) in [4.78, 5) is 3.42. The Morgan fingerprint density at radius 3 is 2.76 bits per heavy atom. The minimum Gasteiger partial charge on any atom is -0.358 e. The Hall–Kier alpha value is -1.29. The number of nitrogens with one attached hydrogen (secondary N) is 1. The molecule has 1 N–H and O–H groups in total. The largest absolute Gasteiger partial charge is 0.358 e. The number of para-hydroxylation sites is 1. The van der Waals surface area contributed by atoms with Gasteiger partial charge in [-0.2, -0.15) is 0 Å². The average molecular weight is 249 g/mol. The van der Waals surface area contributed by atoms with Crippen LogP contribution in [-0.2, 0) is 22.7 Å². The molecule has 0 atom stereocenters. The van der Waals surface area contributed by atoms with E-state index < -0.39 is 9.84 Å². The van der Waals surface area contributed by atoms with E-state index in [0.29, 0.717) is 12.2 Å². The van der Waals surface area contributed by atoms with Gasteiger partial charge in [0.25, 0.3) is 0 Å². The Morgan fingerprint density at radius 2 is 1.88 bits per heavy atom. The standard InChI is InChI=1S/C13H15NO2S/c15-17(16)8-3-6-13-11(7-9-17)10-4-1-2-5-12(10)14-13/h1-2,4-5,14H,3,6-9H2. The maximum Gasteiger partial charge on any atom is 0.150 e. The van der Waals surface area contributed by atoms with Gasteiger partial charge in [0.1, 0.15) is 0 Å². The van der Waals surface area contributed by atoms with Gasteiger partial charge < -0.3 is 4.98 Å². The van der Waals surface area contributed by atoms with Gasteiger partial charge in [0.2, 0.25) is 0 Å². The van der Waals surface area contributed by atoms with Crippen molar-refractivity contribution in [2.75, 3.05) is 11.5 Å². The third-order valence-corrected chi connectivity index (χ3v) is 5.18. The van der Waals surface area contributed by atoms with E-state index in [2.05, 4.69) is 17.1 Å². The van der Waals surface area contributed by atoms with Crippen molar-refractivity contribution < 1.29 is 8.42 Å². The number of hydrogen-bond acceptors (Lipinski definition) is 2. The van der Waals surface area contributed by atoms with Crippen molar-refractivity contribution in [3.05, 3.63) is 35.5 Å². The zero-order valence-corrected chi connectivity index (χ0v) is 10.4. The molecule has 0 amide bonds. The Balaban J connectivity index is 2.13. The molecule has 90 valence electrons. The number of hydrogen-bond donors (Lipinski definition) is 1. The van der Waals surface area contributed by atoms with Crippen LogP contribution in [0, 0.1) is 0 Å². The Kier molecular flexibility index (Phi) is 2.47. The molecule has 1 aliphatic heterocycles. The van der Waals surface area contributed by atoms with Crippen molar-refractivity contribution in [2.45, 2.75) is 19.3 Å². The molecule has 1 aromatic heterocycles. The van der Waals surface area contributed by atoms with Crippen molar-refractivity contribution >= 4 is 20.7 Å². The molecule has 3 rings (SSSR count). The van der Waals surface area contributed by atoms with Gasteiger partial charge in [0.15, 0.2) is 9.84 Å². The van der Waals surface area contributed by atoms with Gasteiger partial charge in [-0.15, -0.1) is 0 Å². The first-order valence-corrected chi connectivity index (χ1v) is 7.77. The zero-order valence-electron chi connectivity index (χ0n) is 9.57. The first-order chi connectivity index (χ1) is 8.16. The molecular weight excluding hydrogens is 234 g/mol. The molecule has 0 saturated carbocycles. The number of sulfone groups is 1. The summed E-state index contributed by atoms with van der Waals surface area (Å²) in [6.07, 6.45) is 2.20. The van der Waals surface area contributed by atoms with Crippen LogP contribution in [0.4, 0.5) is 0 Å². The minimum atomic E-state index is -2.85. The predicted octanol–water partition coefficient (Wildman–Crippen LogP) is 2.07. The number of fused-ring (bicyclic) bond motifs is 3. The number of H-pyrrole nitrogens is 1. The Morgan fingerprint density at radius 1 is 1.06 bits per heavy atom. The lowest BCUT2D eigenvalue weighted by molar-refractivity contribution is 0.590. The van der Waals surface area contributed by atoms with Crippen molar-refractivity contribution in [2.24, 2.45) is 0 Å². The van der Waals surface area contributed by atoms with Crippen molar-refractivity contribution in [3.8, 4) is 0 Å². The second-order valence-corrected chi connectivity index (χ2v) is 6.94. The molecule has 1 aliphatic rings. The van der Waals surface area contributed by atoms with Crippen molar-refractivity contribution in [1.82, 2.24) is 4.98 Å². The number of aryl methyl sites for hydroxylation is 2. The van der Waals surface area contributed by atoms with E-state index in [1.165, 1.54) is 16.6 Å². The lowest BCUT2D eigenvalue weighted by Crippen LogP contribution is -2.17. The van der Waals surface area contributed by atoms with Gasteiger partial charge in [-0.25, -0.2) is 8.42 Å². The summed E-state index contributed by atoms with van der Waals surface area (Å²) in [6.45, 7) is 0. The quantitative estimate of drug-likeness (QED) is 0.777. The summed E-state index contributed by atoms with van der Waals surface area (Å²) in [5.74, 6) is 0.601. The first-order valence-electron chi connectivity index (χ1n) is 5.95. The van der Waals surface area contributed by atoms with E-state index in [-0.39, 0.29) is 5.75 Å². The lowest BCUT2D eigenvalue weighted by atomic mass is 10.1. The minimum absolute atomic E-state index is 0.280. The molecule has 0 fully saturated rings. The van der Waals surface area contributed by atoms with E-state index in [4.69, 9.17) is 0 Å². The van der Waals surface area contributed by atoms with Crippen LogP contribution < -0.4 is 0 Å². The second-order valence-electron chi connectivity index (χ2n) is 4.63. The number of aromatic nitrogens is 1. The molecule has 4 heteroatoms. The van der Waals surface area contributed by atoms with Gasteiger partial charge >= 0.3 is 0 Å². The van der Waals surface area contributed by atoms with Crippen LogP contribution in [0.5, 0.6) is 0 Å². The Labute approximate surface area is 101 Å². The van der Waals surface area contributed by atoms with Gasteiger partial charge in [0.05, 0.1) is 11.5 Å². The highest BCUT2D eigenvalue weighted by Gasteiger charge is 2.19. The highest BCUT2D eigenvalue weighted by Crippen LogP contribution is 2.25. The van der Waals surface area contributed by atoms with Gasteiger partial charge in [-0.3, -0.25) is 0 Å². The third kappa shape index (κ3) is 1.97. The highest BCUT2D eigenvalue weighted by molar-refractivity contribution is 7.91. The molecule has 3 nitrogen and oxygen atoms in total. The molecule has 0 spiro atoms. The SMILES string of the molecule is O=S1(=O)CCCc2[nH]c3ccccc3c2CC1. The molecular formula is C13H15NO2S. The summed E-state index contributed by atoms with van der Waals surface area (Å²) in [6, 6.07) is 8.13. The maximum atomic E-state index is 11.7. The molecule has 0 unspecified atom stereocenters. The van der Waals surface area contributed by atoms with E-state index in [0.717, 1.165) is 18.4 Å². The molecule has 0 bridgehead atoms. The van der Waals surface area contributed by atoms with Crippen LogP contribution in [0.2, 0.25) is 0 Å². The fourth-order valence-corrected chi connectivity index (χ4v) is 3.89. The first kappa shape index (κ1) is 10.8. The number of rotatable bonds is 0. The Bertz CT molecular complexity index is 655. The monoisotopic (exact) mass is 249 g/mol. The van der Waals surface area contributed by atoms with Gasteiger partial charge in [-0.05, 0) is 30.9 Å². The summed E-state index contributed by atoms with van der Waals surface area (Å²) in [7, 11) is -2.85. The lowest BCUT2D eigenvalue weighted by Gasteiger charge is -2.10. The maximum absolute atomic E-state index is 11.7. The van der Waals surface area contributed by atoms with Crippen LogP contribution >= 0.6 is 0 Å². The second kappa shape index (κ2) is 3.88. The average Bonchev–Trinajstić information content (AvgIpc) is 2.62. The summed E-state index contributed by atoms with van der Waals surface area (Å²) in [5.41, 5.74) is 3.54. The molecule has 1 aromatic carbocycles. The summed E-state index contributed by atoms with van der Waals surface area (Å²) < 4.78 is 23.4.